The Morgan fingerprint density at radius 1 is 1.45 bits per heavy atom. The normalized spacial score (nSPS) is 21.2. The third kappa shape index (κ3) is 5.00. The summed E-state index contributed by atoms with van der Waals surface area (Å²) in [5.41, 5.74) is 1.14. The molecule has 1 aliphatic rings. The topological polar surface area (TPSA) is 61.8 Å². The van der Waals surface area contributed by atoms with E-state index < -0.39 is 6.10 Å². The Kier molecular flexibility index (Phi) is 6.21. The molecule has 0 aliphatic carbocycles. The largest absolute Gasteiger partial charge is 0.393 e. The van der Waals surface area contributed by atoms with Gasteiger partial charge in [0.15, 0.2) is 0 Å². The van der Waals surface area contributed by atoms with Crippen LogP contribution >= 0.6 is 0 Å². The highest BCUT2D eigenvalue weighted by Crippen LogP contribution is 2.20. The number of benzene rings is 1. The van der Waals surface area contributed by atoms with Crippen molar-refractivity contribution in [2.45, 2.75) is 38.4 Å². The van der Waals surface area contributed by atoms with Crippen LogP contribution in [0.2, 0.25) is 0 Å². The molecule has 1 fully saturated rings. The lowest BCUT2D eigenvalue weighted by Gasteiger charge is -2.31. The molecule has 1 aromatic rings. The van der Waals surface area contributed by atoms with Gasteiger partial charge in [-0.15, -0.1) is 0 Å². The van der Waals surface area contributed by atoms with Crippen molar-refractivity contribution in [3.05, 3.63) is 35.9 Å². The molecule has 1 heterocycles. The van der Waals surface area contributed by atoms with Crippen LogP contribution in [0.25, 0.3) is 0 Å². The van der Waals surface area contributed by atoms with E-state index in [1.807, 2.05) is 37.3 Å². The number of urea groups is 1. The zero-order valence-corrected chi connectivity index (χ0v) is 13.4. The van der Waals surface area contributed by atoms with Crippen molar-refractivity contribution in [1.29, 1.82) is 0 Å². The second-order valence-corrected chi connectivity index (χ2v) is 6.01. The van der Waals surface area contributed by atoms with Gasteiger partial charge in [0.05, 0.1) is 18.8 Å². The summed E-state index contributed by atoms with van der Waals surface area (Å²) in [5.74, 6) is 0.114. The van der Waals surface area contributed by atoms with Gasteiger partial charge in [-0.2, -0.15) is 0 Å². The monoisotopic (exact) mass is 306 g/mol. The summed E-state index contributed by atoms with van der Waals surface area (Å²) in [4.78, 5) is 14.1. The second kappa shape index (κ2) is 8.15. The van der Waals surface area contributed by atoms with Crippen molar-refractivity contribution >= 4 is 6.03 Å². The molecule has 1 aliphatic heterocycles. The van der Waals surface area contributed by atoms with Gasteiger partial charge >= 0.3 is 6.03 Å². The van der Waals surface area contributed by atoms with E-state index in [9.17, 15) is 9.90 Å². The van der Waals surface area contributed by atoms with E-state index in [0.717, 1.165) is 5.56 Å². The number of hydrogen-bond donors (Lipinski definition) is 2. The number of nitrogens with one attached hydrogen (secondary N) is 1. The molecule has 0 spiro atoms. The van der Waals surface area contributed by atoms with Crippen LogP contribution in [0.3, 0.4) is 0 Å². The molecule has 2 rings (SSSR count). The molecule has 2 N–H and O–H groups in total. The number of aliphatic hydroxyl groups excluding tert-OH is 1. The number of amides is 2. The van der Waals surface area contributed by atoms with E-state index >= 15 is 0 Å². The van der Waals surface area contributed by atoms with E-state index in [4.69, 9.17) is 4.74 Å². The van der Waals surface area contributed by atoms with E-state index in [0.29, 0.717) is 32.7 Å². The molecular formula is C17H26N2O3. The van der Waals surface area contributed by atoms with Gasteiger partial charge < -0.3 is 20.1 Å². The summed E-state index contributed by atoms with van der Waals surface area (Å²) < 4.78 is 5.45. The Morgan fingerprint density at radius 2 is 2.18 bits per heavy atom. The van der Waals surface area contributed by atoms with Gasteiger partial charge in [-0.1, -0.05) is 30.3 Å². The number of rotatable bonds is 5. The first kappa shape index (κ1) is 16.8. The molecule has 122 valence electrons. The van der Waals surface area contributed by atoms with Crippen LogP contribution in [-0.4, -0.2) is 54.5 Å². The molecular weight excluding hydrogens is 280 g/mol. The Labute approximate surface area is 132 Å². The van der Waals surface area contributed by atoms with E-state index in [1.165, 1.54) is 0 Å². The smallest absolute Gasteiger partial charge is 0.317 e. The molecule has 1 saturated heterocycles. The Bertz CT molecular complexity index is 464. The summed E-state index contributed by atoms with van der Waals surface area (Å²) in [6.45, 7) is 6.12. The highest BCUT2D eigenvalue weighted by Gasteiger charge is 2.22. The maximum Gasteiger partial charge on any atom is 0.317 e. The number of nitrogens with zero attached hydrogens (tertiary/aromatic N) is 1. The van der Waals surface area contributed by atoms with Gasteiger partial charge in [0.2, 0.25) is 0 Å². The molecule has 0 aromatic heterocycles. The maximum atomic E-state index is 12.3. The fourth-order valence-electron chi connectivity index (χ4n) is 2.80. The van der Waals surface area contributed by atoms with Crippen LogP contribution in [0.4, 0.5) is 4.79 Å². The third-order valence-electron chi connectivity index (χ3n) is 3.92. The van der Waals surface area contributed by atoms with E-state index in [2.05, 4.69) is 5.32 Å². The molecule has 3 unspecified atom stereocenters. The minimum absolute atomic E-state index is 0.0540. The standard InChI is InChI=1S/C17H26N2O3/c1-13(20)10-16(15-6-4-3-5-7-15)11-18-17(21)19-8-9-22-14(2)12-19/h3-7,13-14,16,20H,8-12H2,1-2H3,(H,18,21). The van der Waals surface area contributed by atoms with Gasteiger partial charge in [0.25, 0.3) is 0 Å². The average Bonchev–Trinajstić information content (AvgIpc) is 2.51. The first-order valence-corrected chi connectivity index (χ1v) is 7.93. The fraction of sp³-hybridized carbons (Fsp3) is 0.588. The van der Waals surface area contributed by atoms with Crippen LogP contribution in [0.15, 0.2) is 30.3 Å². The van der Waals surface area contributed by atoms with Gasteiger partial charge in [-0.05, 0) is 25.8 Å². The molecule has 0 bridgehead atoms. The number of ether oxygens (including phenoxy) is 1. The van der Waals surface area contributed by atoms with Crippen molar-refractivity contribution in [2.75, 3.05) is 26.2 Å². The van der Waals surface area contributed by atoms with Gasteiger partial charge in [-0.3, -0.25) is 0 Å². The number of morpholine rings is 1. The molecule has 3 atom stereocenters. The summed E-state index contributed by atoms with van der Waals surface area (Å²) in [6, 6.07) is 9.95. The van der Waals surface area contributed by atoms with Crippen LogP contribution < -0.4 is 5.32 Å². The Hall–Kier alpha value is -1.59. The quantitative estimate of drug-likeness (QED) is 0.874. The minimum atomic E-state index is -0.398. The van der Waals surface area contributed by atoms with Gasteiger partial charge in [-0.25, -0.2) is 4.79 Å². The highest BCUT2D eigenvalue weighted by molar-refractivity contribution is 5.74. The van der Waals surface area contributed by atoms with Gasteiger partial charge in [0.1, 0.15) is 0 Å². The first-order chi connectivity index (χ1) is 10.6. The summed E-state index contributed by atoms with van der Waals surface area (Å²) in [7, 11) is 0. The maximum absolute atomic E-state index is 12.3. The number of carbonyl (C=O) groups excluding carboxylic acids is 1. The molecule has 2 amide bonds. The second-order valence-electron chi connectivity index (χ2n) is 6.01. The summed E-state index contributed by atoms with van der Waals surface area (Å²) in [6.07, 6.45) is 0.316. The van der Waals surface area contributed by atoms with Crippen LogP contribution in [-0.2, 0) is 4.74 Å². The number of carbonyl (C=O) groups is 1. The van der Waals surface area contributed by atoms with Crippen LogP contribution in [0, 0.1) is 0 Å². The molecule has 0 saturated carbocycles. The first-order valence-electron chi connectivity index (χ1n) is 7.93. The van der Waals surface area contributed by atoms with Crippen molar-refractivity contribution in [3.63, 3.8) is 0 Å². The average molecular weight is 306 g/mol. The third-order valence-corrected chi connectivity index (χ3v) is 3.92. The fourth-order valence-corrected chi connectivity index (χ4v) is 2.80. The van der Waals surface area contributed by atoms with Crippen molar-refractivity contribution in [1.82, 2.24) is 10.2 Å². The molecule has 5 nitrogen and oxygen atoms in total. The van der Waals surface area contributed by atoms with Crippen molar-refractivity contribution in [3.8, 4) is 0 Å². The SMILES string of the molecule is CC(O)CC(CNC(=O)N1CCOC(C)C1)c1ccccc1. The molecule has 0 radical (unpaired) electrons. The van der Waals surface area contributed by atoms with Gasteiger partial charge in [0, 0.05) is 25.6 Å². The van der Waals surface area contributed by atoms with Crippen LogP contribution in [0.1, 0.15) is 31.7 Å². The highest BCUT2D eigenvalue weighted by atomic mass is 16.5. The molecule has 1 aromatic carbocycles. The lowest BCUT2D eigenvalue weighted by Crippen LogP contribution is -2.49. The van der Waals surface area contributed by atoms with Crippen LogP contribution in [0.5, 0.6) is 0 Å². The lowest BCUT2D eigenvalue weighted by atomic mass is 9.93. The number of hydrogen-bond acceptors (Lipinski definition) is 3. The van der Waals surface area contributed by atoms with E-state index in [1.54, 1.807) is 11.8 Å². The zero-order valence-electron chi connectivity index (χ0n) is 13.4. The van der Waals surface area contributed by atoms with Crippen molar-refractivity contribution < 1.29 is 14.6 Å². The summed E-state index contributed by atoms with van der Waals surface area (Å²) in [5, 5.41) is 12.7. The Morgan fingerprint density at radius 3 is 2.82 bits per heavy atom. The van der Waals surface area contributed by atoms with E-state index in [-0.39, 0.29) is 18.1 Å². The summed E-state index contributed by atoms with van der Waals surface area (Å²) >= 11 is 0. The Balaban J connectivity index is 1.91. The molecule has 5 heteroatoms. The lowest BCUT2D eigenvalue weighted by molar-refractivity contribution is -0.00353. The number of aliphatic hydroxyl groups is 1. The minimum Gasteiger partial charge on any atom is -0.393 e. The predicted molar refractivity (Wildman–Crippen MR) is 85.9 cm³/mol. The molecule has 22 heavy (non-hydrogen) atoms. The zero-order chi connectivity index (χ0) is 15.9. The predicted octanol–water partition coefficient (Wildman–Crippen LogP) is 1.97. The van der Waals surface area contributed by atoms with Crippen molar-refractivity contribution in [2.24, 2.45) is 0 Å².